The Bertz CT molecular complexity index is 1620. The Hall–Kier alpha value is -5.50. The fourth-order valence-corrected chi connectivity index (χ4v) is 4.98. The van der Waals surface area contributed by atoms with E-state index in [0.29, 0.717) is 53.9 Å². The van der Waals surface area contributed by atoms with Gasteiger partial charge in [-0.1, -0.05) is 12.1 Å². The number of barbiturate groups is 1. The van der Waals surface area contributed by atoms with Crippen LogP contribution >= 0.6 is 0 Å². The van der Waals surface area contributed by atoms with E-state index in [0.717, 1.165) is 17.5 Å². The first kappa shape index (κ1) is 24.8. The molecule has 2 N–H and O–H groups in total. The fourth-order valence-electron chi connectivity index (χ4n) is 4.98. The number of ether oxygens (including phenoxy) is 1. The first-order chi connectivity index (χ1) is 19.5. The Morgan fingerprint density at radius 1 is 0.925 bits per heavy atom. The number of amides is 4. The van der Waals surface area contributed by atoms with Gasteiger partial charge < -0.3 is 14.1 Å². The quantitative estimate of drug-likeness (QED) is 0.360. The van der Waals surface area contributed by atoms with Crippen molar-refractivity contribution in [2.45, 2.75) is 24.8 Å². The first-order valence-electron chi connectivity index (χ1n) is 12.6. The molecule has 198 valence electrons. The highest BCUT2D eigenvalue weighted by Gasteiger charge is 2.55. The van der Waals surface area contributed by atoms with E-state index in [-0.39, 0.29) is 0 Å². The zero-order chi connectivity index (χ0) is 27.7. The average Bonchev–Trinajstić information content (AvgIpc) is 3.47. The van der Waals surface area contributed by atoms with Gasteiger partial charge in [0.1, 0.15) is 17.7 Å². The van der Waals surface area contributed by atoms with Gasteiger partial charge in [0.05, 0.1) is 23.5 Å². The predicted molar refractivity (Wildman–Crippen MR) is 142 cm³/mol. The maximum atomic E-state index is 12.8. The van der Waals surface area contributed by atoms with Crippen molar-refractivity contribution in [3.8, 4) is 40.4 Å². The monoisotopic (exact) mass is 534 g/mol. The number of benzene rings is 2. The number of imide groups is 2. The summed E-state index contributed by atoms with van der Waals surface area (Å²) in [6, 6.07) is 18.9. The Morgan fingerprint density at radius 3 is 2.33 bits per heavy atom. The highest BCUT2D eigenvalue weighted by molar-refractivity contribution is 6.24. The van der Waals surface area contributed by atoms with Crippen LogP contribution in [0.1, 0.15) is 24.8 Å². The molecular weight excluding hydrogens is 512 g/mol. The summed E-state index contributed by atoms with van der Waals surface area (Å²) >= 11 is 0. The Labute approximate surface area is 228 Å². The van der Waals surface area contributed by atoms with E-state index in [4.69, 9.17) is 14.4 Å². The molecule has 11 heteroatoms. The van der Waals surface area contributed by atoms with Crippen LogP contribution in [0.4, 0.5) is 10.5 Å². The van der Waals surface area contributed by atoms with Crippen molar-refractivity contribution in [3.05, 3.63) is 78.7 Å². The molecule has 4 aromatic rings. The largest absolute Gasteiger partial charge is 0.444 e. The predicted octanol–water partition coefficient (Wildman–Crippen LogP) is 4.16. The van der Waals surface area contributed by atoms with E-state index in [9.17, 15) is 14.4 Å². The van der Waals surface area contributed by atoms with Gasteiger partial charge >= 0.3 is 6.03 Å². The second-order valence-corrected chi connectivity index (χ2v) is 9.41. The molecule has 0 radical (unpaired) electrons. The minimum atomic E-state index is -1.49. The molecule has 0 atom stereocenters. The summed E-state index contributed by atoms with van der Waals surface area (Å²) < 4.78 is 11.5. The summed E-state index contributed by atoms with van der Waals surface area (Å²) in [5, 5.41) is 13.4. The van der Waals surface area contributed by atoms with Crippen LogP contribution in [0.25, 0.3) is 22.7 Å². The van der Waals surface area contributed by atoms with E-state index in [1.807, 2.05) is 24.3 Å². The van der Waals surface area contributed by atoms with Gasteiger partial charge in [0.2, 0.25) is 11.8 Å². The molecule has 40 heavy (non-hydrogen) atoms. The summed E-state index contributed by atoms with van der Waals surface area (Å²) in [5.74, 6) is 0.0607. The molecule has 2 aliphatic rings. The summed E-state index contributed by atoms with van der Waals surface area (Å²) in [4.78, 5) is 47.9. The number of nitrogens with zero attached hydrogens (tertiary/aromatic N) is 4. The second-order valence-electron chi connectivity index (χ2n) is 9.41. The van der Waals surface area contributed by atoms with Gasteiger partial charge in [0.15, 0.2) is 5.54 Å². The summed E-state index contributed by atoms with van der Waals surface area (Å²) in [6.45, 7) is 0.464. The number of piperidine rings is 1. The molecule has 2 aliphatic heterocycles. The fraction of sp³-hybridized carbons (Fsp3) is 0.172. The second kappa shape index (κ2) is 9.99. The van der Waals surface area contributed by atoms with E-state index in [1.54, 1.807) is 53.8 Å². The number of hydrogen-bond acceptors (Lipinski definition) is 9. The van der Waals surface area contributed by atoms with Gasteiger partial charge in [-0.05, 0) is 61.7 Å². The molecule has 4 amide bonds. The minimum Gasteiger partial charge on any atom is -0.444 e. The van der Waals surface area contributed by atoms with Crippen LogP contribution in [0.5, 0.6) is 11.6 Å². The van der Waals surface area contributed by atoms with Gasteiger partial charge in [-0.15, -0.1) is 0 Å². The van der Waals surface area contributed by atoms with Gasteiger partial charge in [-0.2, -0.15) is 5.26 Å². The Kier molecular flexibility index (Phi) is 6.20. The number of carbonyl (C=O) groups excluding carboxylic acids is 3. The van der Waals surface area contributed by atoms with Gasteiger partial charge in [-0.3, -0.25) is 20.2 Å². The molecular formula is C29H22N6O5. The van der Waals surface area contributed by atoms with Gasteiger partial charge in [0, 0.05) is 23.7 Å². The number of nitriles is 1. The molecule has 6 rings (SSSR count). The SMILES string of the molecule is N#Cc1ccc(-c2coc(-c3ccc(Oc4ccc(N5CCCCC56C(=O)NC(=O)NC6=O)cn4)cc3)n2)cc1. The number of pyridine rings is 1. The van der Waals surface area contributed by atoms with Crippen LogP contribution in [-0.4, -0.2) is 39.9 Å². The molecule has 0 bridgehead atoms. The van der Waals surface area contributed by atoms with Crippen molar-refractivity contribution in [2.24, 2.45) is 0 Å². The van der Waals surface area contributed by atoms with Crippen molar-refractivity contribution in [1.82, 2.24) is 20.6 Å². The highest BCUT2D eigenvalue weighted by Crippen LogP contribution is 2.35. The number of oxazole rings is 1. The smallest absolute Gasteiger partial charge is 0.328 e. The third kappa shape index (κ3) is 4.41. The Morgan fingerprint density at radius 2 is 1.65 bits per heavy atom. The van der Waals surface area contributed by atoms with Crippen LogP contribution < -0.4 is 20.3 Å². The highest BCUT2D eigenvalue weighted by atomic mass is 16.5. The lowest BCUT2D eigenvalue weighted by atomic mass is 9.83. The average molecular weight is 535 g/mol. The molecule has 4 heterocycles. The van der Waals surface area contributed by atoms with Crippen LogP contribution in [0.15, 0.2) is 77.5 Å². The van der Waals surface area contributed by atoms with Crippen LogP contribution in [0.3, 0.4) is 0 Å². The maximum Gasteiger partial charge on any atom is 0.328 e. The number of urea groups is 1. The van der Waals surface area contributed by atoms with E-state index in [1.165, 1.54) is 0 Å². The number of anilines is 1. The summed E-state index contributed by atoms with van der Waals surface area (Å²) in [6.07, 6.45) is 4.88. The number of aromatic nitrogens is 2. The molecule has 2 saturated heterocycles. The number of hydrogen-bond donors (Lipinski definition) is 2. The summed E-state index contributed by atoms with van der Waals surface area (Å²) in [7, 11) is 0. The van der Waals surface area contributed by atoms with Crippen molar-refractivity contribution >= 4 is 23.5 Å². The molecule has 1 spiro atoms. The number of rotatable bonds is 5. The summed E-state index contributed by atoms with van der Waals surface area (Å²) in [5.41, 5.74) is 1.92. The molecule has 11 nitrogen and oxygen atoms in total. The van der Waals surface area contributed by atoms with Crippen LogP contribution in [0.2, 0.25) is 0 Å². The molecule has 0 unspecified atom stereocenters. The number of carbonyl (C=O) groups is 3. The molecule has 0 saturated carbocycles. The lowest BCUT2D eigenvalue weighted by molar-refractivity contribution is -0.139. The first-order valence-corrected chi connectivity index (χ1v) is 12.6. The lowest BCUT2D eigenvalue weighted by Crippen LogP contribution is -2.74. The van der Waals surface area contributed by atoms with E-state index in [2.05, 4.69) is 26.7 Å². The standard InChI is InChI=1S/C29H22N6O5/c30-15-18-3-5-19(6-4-18)23-17-39-25(32-23)20-7-10-22(11-8-20)40-24-12-9-21(16-31-24)35-14-2-1-13-29(35)26(36)33-28(38)34-27(29)37/h3-12,16-17H,1-2,13-14H2,(H2,33,34,36,37,38). The topological polar surface area (TPSA) is 150 Å². The maximum absolute atomic E-state index is 12.8. The van der Waals surface area contributed by atoms with Crippen molar-refractivity contribution in [3.63, 3.8) is 0 Å². The molecule has 0 aliphatic carbocycles. The van der Waals surface area contributed by atoms with Gasteiger partial charge in [-0.25, -0.2) is 14.8 Å². The third-order valence-electron chi connectivity index (χ3n) is 7.01. The van der Waals surface area contributed by atoms with Gasteiger partial charge in [0.25, 0.3) is 11.8 Å². The van der Waals surface area contributed by atoms with Crippen LogP contribution in [0, 0.1) is 11.3 Å². The van der Waals surface area contributed by atoms with Crippen molar-refractivity contribution in [1.29, 1.82) is 5.26 Å². The van der Waals surface area contributed by atoms with E-state index < -0.39 is 23.4 Å². The zero-order valence-corrected chi connectivity index (χ0v) is 21.1. The zero-order valence-electron chi connectivity index (χ0n) is 21.1. The Balaban J connectivity index is 1.15. The lowest BCUT2D eigenvalue weighted by Gasteiger charge is -2.46. The molecule has 2 aromatic carbocycles. The van der Waals surface area contributed by atoms with E-state index >= 15 is 0 Å². The normalized spacial score (nSPS) is 16.3. The minimum absolute atomic E-state index is 0.294. The molecule has 2 aromatic heterocycles. The molecule has 2 fully saturated rings. The number of nitrogens with one attached hydrogen (secondary N) is 2. The van der Waals surface area contributed by atoms with Crippen molar-refractivity contribution in [2.75, 3.05) is 11.4 Å². The third-order valence-corrected chi connectivity index (χ3v) is 7.01. The van der Waals surface area contributed by atoms with Crippen molar-refractivity contribution < 1.29 is 23.5 Å². The van der Waals surface area contributed by atoms with Crippen LogP contribution in [-0.2, 0) is 9.59 Å².